The molecule has 0 N–H and O–H groups in total. The molecular formula is C56H108O6. The lowest BCUT2D eigenvalue weighted by Crippen LogP contribution is -2.30. The summed E-state index contributed by atoms with van der Waals surface area (Å²) in [6, 6.07) is 0. The van der Waals surface area contributed by atoms with Crippen LogP contribution in [0.2, 0.25) is 0 Å². The highest BCUT2D eigenvalue weighted by atomic mass is 16.6. The molecule has 6 nitrogen and oxygen atoms in total. The molecule has 0 aliphatic rings. The smallest absolute Gasteiger partial charge is 0.306 e. The van der Waals surface area contributed by atoms with E-state index in [1.165, 1.54) is 225 Å². The second-order valence-corrected chi connectivity index (χ2v) is 19.2. The largest absolute Gasteiger partial charge is 0.462 e. The molecule has 0 fully saturated rings. The first kappa shape index (κ1) is 60.4. The SMILES string of the molecule is CCCCCCCCCCCCCCCCCCCCC(=O)OC[C@@H](COC(=O)CCCCCCCCCCC)OC(=O)CCCCCCCCCCCCCCCCCCC. The molecular weight excluding hydrogens is 769 g/mol. The molecule has 0 unspecified atom stereocenters. The highest BCUT2D eigenvalue weighted by Gasteiger charge is 2.19. The quantitative estimate of drug-likeness (QED) is 0.0344. The monoisotopic (exact) mass is 877 g/mol. The van der Waals surface area contributed by atoms with Crippen molar-refractivity contribution in [1.82, 2.24) is 0 Å². The van der Waals surface area contributed by atoms with Crippen molar-refractivity contribution in [3.05, 3.63) is 0 Å². The number of hydrogen-bond acceptors (Lipinski definition) is 6. The summed E-state index contributed by atoms with van der Waals surface area (Å²) >= 11 is 0. The Hall–Kier alpha value is -1.59. The minimum Gasteiger partial charge on any atom is -0.462 e. The van der Waals surface area contributed by atoms with Gasteiger partial charge in [-0.05, 0) is 19.3 Å². The molecule has 0 aromatic carbocycles. The molecule has 0 aromatic heterocycles. The van der Waals surface area contributed by atoms with Gasteiger partial charge in [0.1, 0.15) is 13.2 Å². The summed E-state index contributed by atoms with van der Waals surface area (Å²) in [5.74, 6) is -0.838. The van der Waals surface area contributed by atoms with Gasteiger partial charge in [0, 0.05) is 19.3 Å². The number of rotatable bonds is 52. The number of ether oxygens (including phenoxy) is 3. The second-order valence-electron chi connectivity index (χ2n) is 19.2. The summed E-state index contributed by atoms with van der Waals surface area (Å²) in [4.78, 5) is 38.0. The number of esters is 3. The normalized spacial score (nSPS) is 11.9. The van der Waals surface area contributed by atoms with Gasteiger partial charge in [0.2, 0.25) is 0 Å². The van der Waals surface area contributed by atoms with Crippen LogP contribution in [0.3, 0.4) is 0 Å². The summed E-state index contributed by atoms with van der Waals surface area (Å²) in [7, 11) is 0. The van der Waals surface area contributed by atoms with Crippen LogP contribution in [-0.4, -0.2) is 37.2 Å². The van der Waals surface area contributed by atoms with Crippen LogP contribution in [0.1, 0.15) is 323 Å². The van der Waals surface area contributed by atoms with Crippen molar-refractivity contribution >= 4 is 17.9 Å². The Morgan fingerprint density at radius 2 is 0.435 bits per heavy atom. The number of carbonyl (C=O) groups is 3. The average Bonchev–Trinajstić information content (AvgIpc) is 3.27. The Morgan fingerprint density at radius 1 is 0.258 bits per heavy atom. The lowest BCUT2D eigenvalue weighted by atomic mass is 10.0. The number of hydrogen-bond donors (Lipinski definition) is 0. The molecule has 6 heteroatoms. The predicted molar refractivity (Wildman–Crippen MR) is 266 cm³/mol. The number of unbranched alkanes of at least 4 members (excludes halogenated alkanes) is 41. The Morgan fingerprint density at radius 3 is 0.645 bits per heavy atom. The van der Waals surface area contributed by atoms with E-state index in [2.05, 4.69) is 20.8 Å². The van der Waals surface area contributed by atoms with Gasteiger partial charge >= 0.3 is 17.9 Å². The Bertz CT molecular complexity index is 920. The zero-order valence-corrected chi connectivity index (χ0v) is 42.2. The van der Waals surface area contributed by atoms with Gasteiger partial charge in [-0.3, -0.25) is 14.4 Å². The van der Waals surface area contributed by atoms with Gasteiger partial charge in [0.05, 0.1) is 0 Å². The van der Waals surface area contributed by atoms with Crippen LogP contribution in [0, 0.1) is 0 Å². The fraction of sp³-hybridized carbons (Fsp3) is 0.946. The molecule has 1 atom stereocenters. The lowest BCUT2D eigenvalue weighted by molar-refractivity contribution is -0.167. The van der Waals surface area contributed by atoms with Crippen molar-refractivity contribution in [3.8, 4) is 0 Å². The van der Waals surface area contributed by atoms with Crippen molar-refractivity contribution in [1.29, 1.82) is 0 Å². The van der Waals surface area contributed by atoms with E-state index in [9.17, 15) is 14.4 Å². The molecule has 0 rings (SSSR count). The standard InChI is InChI=1S/C56H108O6/c1-4-7-10-13-16-19-21-23-25-27-29-30-32-34-37-40-43-46-49-55(58)61-52-53(51-60-54(57)48-45-42-39-36-18-15-12-9-6-3)62-56(59)50-47-44-41-38-35-33-31-28-26-24-22-20-17-14-11-8-5-2/h53H,4-52H2,1-3H3/t53-/m1/s1. The van der Waals surface area contributed by atoms with Crippen molar-refractivity contribution in [2.45, 2.75) is 329 Å². The topological polar surface area (TPSA) is 78.9 Å². The van der Waals surface area contributed by atoms with E-state index in [1.54, 1.807) is 0 Å². The third kappa shape index (κ3) is 49.4. The summed E-state index contributed by atoms with van der Waals surface area (Å²) in [5, 5.41) is 0. The van der Waals surface area contributed by atoms with Crippen LogP contribution in [0.5, 0.6) is 0 Å². The first-order chi connectivity index (χ1) is 30.5. The fourth-order valence-electron chi connectivity index (χ4n) is 8.62. The average molecular weight is 877 g/mol. The van der Waals surface area contributed by atoms with E-state index in [0.29, 0.717) is 19.3 Å². The maximum Gasteiger partial charge on any atom is 0.306 e. The van der Waals surface area contributed by atoms with Crippen LogP contribution in [0.4, 0.5) is 0 Å². The third-order valence-electron chi connectivity index (χ3n) is 12.9. The highest BCUT2D eigenvalue weighted by molar-refractivity contribution is 5.71. The first-order valence-corrected chi connectivity index (χ1v) is 28.0. The Labute approximate surface area is 387 Å². The van der Waals surface area contributed by atoms with Crippen LogP contribution in [-0.2, 0) is 28.6 Å². The molecule has 0 saturated heterocycles. The Balaban J connectivity index is 4.21. The maximum absolute atomic E-state index is 12.8. The van der Waals surface area contributed by atoms with Gasteiger partial charge in [-0.25, -0.2) is 0 Å². The van der Waals surface area contributed by atoms with Crippen molar-refractivity contribution in [3.63, 3.8) is 0 Å². The minimum absolute atomic E-state index is 0.0615. The molecule has 368 valence electrons. The van der Waals surface area contributed by atoms with Crippen LogP contribution in [0.25, 0.3) is 0 Å². The van der Waals surface area contributed by atoms with Crippen LogP contribution in [0.15, 0.2) is 0 Å². The van der Waals surface area contributed by atoms with E-state index >= 15 is 0 Å². The highest BCUT2D eigenvalue weighted by Crippen LogP contribution is 2.17. The van der Waals surface area contributed by atoms with Gasteiger partial charge in [-0.2, -0.15) is 0 Å². The molecule has 0 aliphatic carbocycles. The number of carbonyl (C=O) groups excluding carboxylic acids is 3. The van der Waals surface area contributed by atoms with E-state index in [1.807, 2.05) is 0 Å². The van der Waals surface area contributed by atoms with E-state index in [-0.39, 0.29) is 31.1 Å². The van der Waals surface area contributed by atoms with Gasteiger partial charge in [-0.15, -0.1) is 0 Å². The zero-order chi connectivity index (χ0) is 45.1. The molecule has 0 bridgehead atoms. The van der Waals surface area contributed by atoms with Crippen molar-refractivity contribution in [2.75, 3.05) is 13.2 Å². The molecule has 62 heavy (non-hydrogen) atoms. The van der Waals surface area contributed by atoms with Gasteiger partial charge in [0.15, 0.2) is 6.10 Å². The molecule has 0 spiro atoms. The second kappa shape index (κ2) is 52.0. The van der Waals surface area contributed by atoms with E-state index in [4.69, 9.17) is 14.2 Å². The molecule has 0 radical (unpaired) electrons. The summed E-state index contributed by atoms with van der Waals surface area (Å²) < 4.78 is 16.8. The molecule has 0 aliphatic heterocycles. The predicted octanol–water partition coefficient (Wildman–Crippen LogP) is 18.4. The zero-order valence-electron chi connectivity index (χ0n) is 42.2. The van der Waals surface area contributed by atoms with E-state index in [0.717, 1.165) is 57.8 Å². The van der Waals surface area contributed by atoms with Crippen LogP contribution >= 0.6 is 0 Å². The summed E-state index contributed by atoms with van der Waals surface area (Å²) in [6.45, 7) is 6.68. The molecule has 0 aromatic rings. The maximum atomic E-state index is 12.8. The lowest BCUT2D eigenvalue weighted by Gasteiger charge is -2.18. The van der Waals surface area contributed by atoms with Gasteiger partial charge in [-0.1, -0.05) is 284 Å². The van der Waals surface area contributed by atoms with Crippen molar-refractivity contribution in [2.24, 2.45) is 0 Å². The van der Waals surface area contributed by atoms with E-state index < -0.39 is 6.10 Å². The molecule has 0 heterocycles. The van der Waals surface area contributed by atoms with Crippen LogP contribution < -0.4 is 0 Å². The molecule has 0 saturated carbocycles. The van der Waals surface area contributed by atoms with Crippen molar-refractivity contribution < 1.29 is 28.6 Å². The summed E-state index contributed by atoms with van der Waals surface area (Å²) in [5.41, 5.74) is 0. The molecule has 0 amide bonds. The van der Waals surface area contributed by atoms with Gasteiger partial charge < -0.3 is 14.2 Å². The Kier molecular flexibility index (Phi) is 50.7. The summed E-state index contributed by atoms with van der Waals surface area (Å²) in [6.07, 6.45) is 56.7. The first-order valence-electron chi connectivity index (χ1n) is 28.0. The third-order valence-corrected chi connectivity index (χ3v) is 12.9. The minimum atomic E-state index is -0.760. The fourth-order valence-corrected chi connectivity index (χ4v) is 8.62. The van der Waals surface area contributed by atoms with Gasteiger partial charge in [0.25, 0.3) is 0 Å².